The van der Waals surface area contributed by atoms with Crippen LogP contribution >= 0.6 is 0 Å². The van der Waals surface area contributed by atoms with Crippen molar-refractivity contribution in [3.63, 3.8) is 0 Å². The minimum atomic E-state index is -3.53. The zero-order chi connectivity index (χ0) is 21.5. The summed E-state index contributed by atoms with van der Waals surface area (Å²) in [5.74, 6) is -0.598. The van der Waals surface area contributed by atoms with Crippen LogP contribution in [0.15, 0.2) is 41.8 Å². The third kappa shape index (κ3) is 3.53. The molecule has 2 atom stereocenters. The molecular weight excluding hydrogens is 409 g/mol. The molecule has 0 radical (unpaired) electrons. The number of rotatable bonds is 3. The fourth-order valence-electron chi connectivity index (χ4n) is 3.14. The summed E-state index contributed by atoms with van der Waals surface area (Å²) in [5.41, 5.74) is 7.59. The van der Waals surface area contributed by atoms with E-state index in [-0.39, 0.29) is 17.2 Å². The number of nitrogens with one attached hydrogen (secondary N) is 1. The predicted molar refractivity (Wildman–Crippen MR) is 109 cm³/mol. The molecule has 0 amide bonds. The lowest BCUT2D eigenvalue weighted by Gasteiger charge is -2.24. The van der Waals surface area contributed by atoms with Crippen molar-refractivity contribution in [1.82, 2.24) is 15.0 Å². The highest BCUT2D eigenvalue weighted by Gasteiger charge is 2.34. The van der Waals surface area contributed by atoms with Gasteiger partial charge in [0, 0.05) is 17.4 Å². The van der Waals surface area contributed by atoms with Gasteiger partial charge in [0.15, 0.2) is 15.7 Å². The number of pyridine rings is 1. The largest absolute Gasteiger partial charge is 0.386 e. The third-order valence-electron chi connectivity index (χ3n) is 4.87. The molecule has 0 aliphatic carbocycles. The van der Waals surface area contributed by atoms with Crippen LogP contribution in [0.2, 0.25) is 0 Å². The van der Waals surface area contributed by atoms with E-state index >= 15 is 0 Å². The lowest BCUT2D eigenvalue weighted by molar-refractivity contribution is 0.567. The van der Waals surface area contributed by atoms with Crippen LogP contribution in [-0.4, -0.2) is 40.2 Å². The highest BCUT2D eigenvalue weighted by atomic mass is 32.2. The van der Waals surface area contributed by atoms with Gasteiger partial charge in [-0.25, -0.2) is 27.8 Å². The van der Waals surface area contributed by atoms with Crippen LogP contribution in [0.3, 0.4) is 0 Å². The second-order valence-corrected chi connectivity index (χ2v) is 9.19. The van der Waals surface area contributed by atoms with E-state index in [1.165, 1.54) is 37.6 Å². The van der Waals surface area contributed by atoms with Crippen LogP contribution in [-0.2, 0) is 9.84 Å². The van der Waals surface area contributed by atoms with E-state index in [9.17, 15) is 12.8 Å². The van der Waals surface area contributed by atoms with Crippen LogP contribution < -0.4 is 11.1 Å². The fraction of sp³-hybridized carbons (Fsp3) is 0.211. The van der Waals surface area contributed by atoms with Crippen molar-refractivity contribution in [2.75, 3.05) is 11.1 Å². The number of aromatic nitrogens is 3. The van der Waals surface area contributed by atoms with E-state index in [4.69, 9.17) is 11.0 Å². The Labute approximate surface area is 171 Å². The van der Waals surface area contributed by atoms with E-state index in [1.807, 2.05) is 6.07 Å². The number of halogens is 1. The molecule has 4 rings (SSSR count). The Bertz CT molecular complexity index is 1330. The first-order valence-corrected chi connectivity index (χ1v) is 10.6. The summed E-state index contributed by atoms with van der Waals surface area (Å²) in [6.45, 7) is 1.46. The quantitative estimate of drug-likeness (QED) is 0.647. The second-order valence-electron chi connectivity index (χ2n) is 6.83. The summed E-state index contributed by atoms with van der Waals surface area (Å²) >= 11 is 0. The number of benzene rings is 1. The Kier molecular flexibility index (Phi) is 4.79. The predicted octanol–water partition coefficient (Wildman–Crippen LogP) is 1.99. The summed E-state index contributed by atoms with van der Waals surface area (Å²) in [7, 11) is -3.53. The fourth-order valence-corrected chi connectivity index (χ4v) is 4.55. The molecule has 0 saturated carbocycles. The monoisotopic (exact) mass is 425 g/mol. The maximum absolute atomic E-state index is 14.5. The Morgan fingerprint density at radius 3 is 2.80 bits per heavy atom. The summed E-state index contributed by atoms with van der Waals surface area (Å²) in [6.07, 6.45) is 2.72. The van der Waals surface area contributed by atoms with Crippen molar-refractivity contribution in [3.05, 3.63) is 53.7 Å². The SMILES string of the molecule is C[C@@H]1C(N)=NC(c2cc(Nc3ncnc4cc(C#N)cnc34)ccc2F)CS1(=O)=O. The smallest absolute Gasteiger partial charge is 0.162 e. The molecule has 1 aromatic carbocycles. The lowest BCUT2D eigenvalue weighted by Crippen LogP contribution is -2.40. The van der Waals surface area contributed by atoms with Gasteiger partial charge in [-0.2, -0.15) is 5.26 Å². The second kappa shape index (κ2) is 7.31. The van der Waals surface area contributed by atoms with E-state index in [0.717, 1.165) is 0 Å². The van der Waals surface area contributed by atoms with Gasteiger partial charge in [-0.3, -0.25) is 4.99 Å². The molecule has 1 unspecified atom stereocenters. The number of nitriles is 1. The minimum absolute atomic E-state index is 0.0386. The molecule has 152 valence electrons. The average molecular weight is 425 g/mol. The Balaban J connectivity index is 1.72. The molecule has 1 aliphatic heterocycles. The number of amidine groups is 1. The van der Waals surface area contributed by atoms with Crippen LogP contribution in [0.1, 0.15) is 24.1 Å². The van der Waals surface area contributed by atoms with Crippen molar-refractivity contribution >= 4 is 38.2 Å². The summed E-state index contributed by atoms with van der Waals surface area (Å²) in [5, 5.41) is 11.2. The van der Waals surface area contributed by atoms with Gasteiger partial charge in [-0.15, -0.1) is 0 Å². The van der Waals surface area contributed by atoms with Crippen molar-refractivity contribution in [1.29, 1.82) is 5.26 Å². The number of hydrogen-bond donors (Lipinski definition) is 2. The maximum atomic E-state index is 14.5. The molecule has 1 aliphatic rings. The summed E-state index contributed by atoms with van der Waals surface area (Å²) in [6, 6.07) is 6.82. The molecule has 3 N–H and O–H groups in total. The van der Waals surface area contributed by atoms with Gasteiger partial charge in [-0.1, -0.05) is 0 Å². The summed E-state index contributed by atoms with van der Waals surface area (Å²) < 4.78 is 39.1. The Morgan fingerprint density at radius 2 is 2.07 bits per heavy atom. The third-order valence-corrected chi connectivity index (χ3v) is 6.97. The zero-order valence-corrected chi connectivity index (χ0v) is 16.6. The van der Waals surface area contributed by atoms with Crippen molar-refractivity contribution in [2.24, 2.45) is 10.7 Å². The molecule has 0 saturated heterocycles. The highest BCUT2D eigenvalue weighted by molar-refractivity contribution is 7.92. The number of anilines is 2. The van der Waals surface area contributed by atoms with Gasteiger partial charge >= 0.3 is 0 Å². The van der Waals surface area contributed by atoms with E-state index in [0.29, 0.717) is 28.1 Å². The zero-order valence-electron chi connectivity index (χ0n) is 15.7. The molecule has 0 spiro atoms. The van der Waals surface area contributed by atoms with E-state index < -0.39 is 26.9 Å². The standard InChI is InChI=1S/C19H16FN7O2S/c1-10-18(22)27-16(8-30(10,28)29)13-5-12(2-3-14(13)20)26-19-17-15(24-9-25-19)4-11(6-21)7-23-17/h2-5,7,9-10,16H,8H2,1H3,(H2,22,27)(H,24,25,26)/t10-,16?/m1/s1. The van der Waals surface area contributed by atoms with Gasteiger partial charge in [0.1, 0.15) is 34.8 Å². The molecule has 3 aromatic rings. The maximum Gasteiger partial charge on any atom is 0.162 e. The van der Waals surface area contributed by atoms with E-state index in [2.05, 4.69) is 25.3 Å². The van der Waals surface area contributed by atoms with Crippen LogP contribution in [0.5, 0.6) is 0 Å². The highest BCUT2D eigenvalue weighted by Crippen LogP contribution is 2.31. The van der Waals surface area contributed by atoms with Crippen LogP contribution in [0.4, 0.5) is 15.9 Å². The van der Waals surface area contributed by atoms with Gasteiger partial charge in [-0.05, 0) is 31.2 Å². The molecule has 11 heteroatoms. The molecule has 2 aromatic heterocycles. The average Bonchev–Trinajstić information content (AvgIpc) is 2.72. The lowest BCUT2D eigenvalue weighted by atomic mass is 10.1. The van der Waals surface area contributed by atoms with E-state index in [1.54, 1.807) is 6.07 Å². The molecule has 0 bridgehead atoms. The number of sulfone groups is 1. The first-order chi connectivity index (χ1) is 14.3. The minimum Gasteiger partial charge on any atom is -0.386 e. The van der Waals surface area contributed by atoms with Crippen molar-refractivity contribution < 1.29 is 12.8 Å². The van der Waals surface area contributed by atoms with Gasteiger partial charge < -0.3 is 11.1 Å². The van der Waals surface area contributed by atoms with Crippen LogP contribution in [0.25, 0.3) is 11.0 Å². The molecule has 0 fully saturated rings. The van der Waals surface area contributed by atoms with Gasteiger partial charge in [0.2, 0.25) is 0 Å². The summed E-state index contributed by atoms with van der Waals surface area (Å²) in [4.78, 5) is 16.7. The molecular formula is C19H16FN7O2S. The van der Waals surface area contributed by atoms with Crippen molar-refractivity contribution in [3.8, 4) is 6.07 Å². The van der Waals surface area contributed by atoms with Crippen molar-refractivity contribution in [2.45, 2.75) is 18.2 Å². The van der Waals surface area contributed by atoms with Crippen LogP contribution in [0, 0.1) is 17.1 Å². The number of hydrogen-bond acceptors (Lipinski definition) is 9. The molecule has 9 nitrogen and oxygen atoms in total. The molecule has 3 heterocycles. The Morgan fingerprint density at radius 1 is 1.27 bits per heavy atom. The normalized spacial score (nSPS) is 20.4. The topological polar surface area (TPSA) is 147 Å². The first kappa shape index (κ1) is 19.7. The Hall–Kier alpha value is -3.65. The number of nitrogens with two attached hydrogens (primary N) is 1. The number of aliphatic imine (C=N–C) groups is 1. The number of nitrogens with zero attached hydrogens (tertiary/aromatic N) is 5. The first-order valence-electron chi connectivity index (χ1n) is 8.90. The molecule has 30 heavy (non-hydrogen) atoms. The van der Waals surface area contributed by atoms with Gasteiger partial charge in [0.05, 0.1) is 22.9 Å². The van der Waals surface area contributed by atoms with Gasteiger partial charge in [0.25, 0.3) is 0 Å². The number of fused-ring (bicyclic) bond motifs is 1.